The van der Waals surface area contributed by atoms with Crippen LogP contribution in [0.2, 0.25) is 0 Å². The van der Waals surface area contributed by atoms with Crippen LogP contribution in [0.4, 0.5) is 0 Å². The Labute approximate surface area is 184 Å². The van der Waals surface area contributed by atoms with Crippen molar-refractivity contribution in [1.82, 2.24) is 9.62 Å². The fourth-order valence-electron chi connectivity index (χ4n) is 3.60. The minimum atomic E-state index is -3.48. The second kappa shape index (κ2) is 10.5. The predicted molar refractivity (Wildman–Crippen MR) is 123 cm³/mol. The molecule has 0 aliphatic carbocycles. The third-order valence-corrected chi connectivity index (χ3v) is 8.32. The van der Waals surface area contributed by atoms with Gasteiger partial charge >= 0.3 is 0 Å². The van der Waals surface area contributed by atoms with Gasteiger partial charge in [0.15, 0.2) is 0 Å². The van der Waals surface area contributed by atoms with E-state index in [0.717, 1.165) is 17.1 Å². The van der Waals surface area contributed by atoms with Gasteiger partial charge in [-0.2, -0.15) is 16.1 Å². The number of nitrogens with zero attached hydrogens (tertiary/aromatic N) is 1. The molecular weight excluding hydrogens is 416 g/mol. The van der Waals surface area contributed by atoms with Crippen molar-refractivity contribution in [1.29, 1.82) is 0 Å². The molecule has 1 aliphatic heterocycles. The van der Waals surface area contributed by atoms with Crippen LogP contribution in [0.25, 0.3) is 0 Å². The van der Waals surface area contributed by atoms with Crippen molar-refractivity contribution >= 4 is 27.7 Å². The van der Waals surface area contributed by atoms with Gasteiger partial charge < -0.3 is 5.32 Å². The van der Waals surface area contributed by atoms with Crippen LogP contribution in [0.15, 0.2) is 53.4 Å². The van der Waals surface area contributed by atoms with Gasteiger partial charge in [-0.05, 0) is 44.4 Å². The van der Waals surface area contributed by atoms with Gasteiger partial charge in [0.05, 0.1) is 4.90 Å². The molecule has 0 spiro atoms. The summed E-state index contributed by atoms with van der Waals surface area (Å²) >= 11 is 1.80. The predicted octanol–water partition coefficient (Wildman–Crippen LogP) is 3.75. The number of carbonyl (C=O) groups is 1. The molecule has 1 amide bonds. The Bertz CT molecular complexity index is 951. The number of hydrogen-bond donors (Lipinski definition) is 1. The molecule has 5 nitrogen and oxygen atoms in total. The lowest BCUT2D eigenvalue weighted by Crippen LogP contribution is -2.43. The maximum absolute atomic E-state index is 12.8. The molecule has 0 saturated carbocycles. The van der Waals surface area contributed by atoms with E-state index in [2.05, 4.69) is 36.5 Å². The number of carbonyl (C=O) groups excluding carboxylic acids is 1. The van der Waals surface area contributed by atoms with Crippen molar-refractivity contribution in [2.24, 2.45) is 5.92 Å². The van der Waals surface area contributed by atoms with Gasteiger partial charge in [-0.25, -0.2) is 8.42 Å². The fraction of sp³-hybridized carbons (Fsp3) is 0.435. The summed E-state index contributed by atoms with van der Waals surface area (Å²) in [6.45, 7) is 5.43. The smallest absolute Gasteiger partial charge is 0.243 e. The maximum Gasteiger partial charge on any atom is 0.243 e. The Kier molecular flexibility index (Phi) is 7.97. The SMILES string of the molecule is Cc1ccc(S(=O)(=O)N2CCC(C(=O)NCCSCc3cccc(C)c3)CC2)cc1. The number of amides is 1. The molecule has 2 aromatic rings. The van der Waals surface area contributed by atoms with E-state index in [1.165, 1.54) is 15.4 Å². The number of piperidine rings is 1. The van der Waals surface area contributed by atoms with E-state index in [-0.39, 0.29) is 11.8 Å². The van der Waals surface area contributed by atoms with Crippen LogP contribution in [0.5, 0.6) is 0 Å². The number of thioether (sulfide) groups is 1. The highest BCUT2D eigenvalue weighted by Crippen LogP contribution is 2.24. The third kappa shape index (κ3) is 6.09. The van der Waals surface area contributed by atoms with E-state index in [1.807, 2.05) is 19.1 Å². The van der Waals surface area contributed by atoms with Crippen LogP contribution in [-0.4, -0.2) is 44.0 Å². The summed E-state index contributed by atoms with van der Waals surface area (Å²) in [6, 6.07) is 15.4. The van der Waals surface area contributed by atoms with E-state index in [0.29, 0.717) is 37.4 Å². The summed E-state index contributed by atoms with van der Waals surface area (Å²) in [6.07, 6.45) is 1.13. The van der Waals surface area contributed by atoms with E-state index < -0.39 is 10.0 Å². The Morgan fingerprint density at radius 3 is 2.43 bits per heavy atom. The van der Waals surface area contributed by atoms with Crippen molar-refractivity contribution < 1.29 is 13.2 Å². The molecule has 0 radical (unpaired) electrons. The monoisotopic (exact) mass is 446 g/mol. The first-order chi connectivity index (χ1) is 14.4. The quantitative estimate of drug-likeness (QED) is 0.627. The highest BCUT2D eigenvalue weighted by Gasteiger charge is 2.31. The van der Waals surface area contributed by atoms with Gasteiger partial charge in [0.25, 0.3) is 0 Å². The van der Waals surface area contributed by atoms with Gasteiger partial charge in [0.2, 0.25) is 15.9 Å². The molecule has 0 unspecified atom stereocenters. The highest BCUT2D eigenvalue weighted by molar-refractivity contribution is 7.98. The zero-order chi connectivity index (χ0) is 21.6. The number of benzene rings is 2. The number of sulfonamides is 1. The molecule has 7 heteroatoms. The van der Waals surface area contributed by atoms with Crippen molar-refractivity contribution in [3.8, 4) is 0 Å². The number of hydrogen-bond acceptors (Lipinski definition) is 4. The average Bonchev–Trinajstić information content (AvgIpc) is 2.74. The molecule has 1 fully saturated rings. The lowest BCUT2D eigenvalue weighted by molar-refractivity contribution is -0.125. The van der Waals surface area contributed by atoms with Crippen LogP contribution in [-0.2, 0) is 20.6 Å². The van der Waals surface area contributed by atoms with Crippen molar-refractivity contribution in [2.75, 3.05) is 25.4 Å². The number of rotatable bonds is 8. The van der Waals surface area contributed by atoms with E-state index in [9.17, 15) is 13.2 Å². The second-order valence-corrected chi connectivity index (χ2v) is 10.9. The Morgan fingerprint density at radius 1 is 1.07 bits per heavy atom. The third-order valence-electron chi connectivity index (χ3n) is 5.38. The zero-order valence-corrected chi connectivity index (χ0v) is 19.3. The molecular formula is C23H30N2O3S2. The van der Waals surface area contributed by atoms with Crippen LogP contribution >= 0.6 is 11.8 Å². The summed E-state index contributed by atoms with van der Waals surface area (Å²) in [7, 11) is -3.48. The van der Waals surface area contributed by atoms with Crippen LogP contribution in [0, 0.1) is 19.8 Å². The zero-order valence-electron chi connectivity index (χ0n) is 17.6. The van der Waals surface area contributed by atoms with Crippen LogP contribution in [0.3, 0.4) is 0 Å². The number of nitrogens with one attached hydrogen (secondary N) is 1. The number of aryl methyl sites for hydroxylation is 2. The first-order valence-corrected chi connectivity index (χ1v) is 12.9. The fourth-order valence-corrected chi connectivity index (χ4v) is 5.88. The molecule has 1 N–H and O–H groups in total. The summed E-state index contributed by atoms with van der Waals surface area (Å²) in [5, 5.41) is 3.01. The average molecular weight is 447 g/mol. The molecule has 162 valence electrons. The molecule has 0 bridgehead atoms. The summed E-state index contributed by atoms with van der Waals surface area (Å²) in [5.74, 6) is 1.72. The van der Waals surface area contributed by atoms with Crippen molar-refractivity contribution in [3.05, 3.63) is 65.2 Å². The summed E-state index contributed by atoms with van der Waals surface area (Å²) in [5.41, 5.74) is 3.59. The topological polar surface area (TPSA) is 66.5 Å². The molecule has 0 atom stereocenters. The van der Waals surface area contributed by atoms with Crippen LogP contribution in [0.1, 0.15) is 29.5 Å². The first kappa shape index (κ1) is 22.8. The molecule has 2 aromatic carbocycles. The van der Waals surface area contributed by atoms with E-state index in [1.54, 1.807) is 23.9 Å². The Hall–Kier alpha value is -1.83. The molecule has 1 heterocycles. The molecule has 1 saturated heterocycles. The Morgan fingerprint density at radius 2 is 1.77 bits per heavy atom. The molecule has 30 heavy (non-hydrogen) atoms. The Balaban J connectivity index is 1.39. The maximum atomic E-state index is 12.8. The van der Waals surface area contributed by atoms with Crippen molar-refractivity contribution in [3.63, 3.8) is 0 Å². The van der Waals surface area contributed by atoms with Gasteiger partial charge in [-0.1, -0.05) is 47.5 Å². The molecule has 0 aromatic heterocycles. The summed E-state index contributed by atoms with van der Waals surface area (Å²) in [4.78, 5) is 12.8. The lowest BCUT2D eigenvalue weighted by atomic mass is 9.97. The molecule has 1 aliphatic rings. The van der Waals surface area contributed by atoms with Gasteiger partial charge in [0.1, 0.15) is 0 Å². The minimum absolute atomic E-state index is 0.0403. The van der Waals surface area contributed by atoms with Crippen LogP contribution < -0.4 is 5.32 Å². The summed E-state index contributed by atoms with van der Waals surface area (Å²) < 4.78 is 27.1. The van der Waals surface area contributed by atoms with E-state index in [4.69, 9.17) is 0 Å². The van der Waals surface area contributed by atoms with Gasteiger partial charge in [0, 0.05) is 37.1 Å². The van der Waals surface area contributed by atoms with E-state index >= 15 is 0 Å². The first-order valence-electron chi connectivity index (χ1n) is 10.3. The highest BCUT2D eigenvalue weighted by atomic mass is 32.2. The minimum Gasteiger partial charge on any atom is -0.355 e. The van der Waals surface area contributed by atoms with Gasteiger partial charge in [-0.3, -0.25) is 4.79 Å². The molecule has 3 rings (SSSR count). The van der Waals surface area contributed by atoms with Crippen molar-refractivity contribution in [2.45, 2.75) is 37.3 Å². The lowest BCUT2D eigenvalue weighted by Gasteiger charge is -2.30. The standard InChI is InChI=1S/C23H30N2O3S2/c1-18-6-8-22(9-7-18)30(27,28)25-13-10-21(11-14-25)23(26)24-12-15-29-17-20-5-3-4-19(2)16-20/h3-9,16,21H,10-15,17H2,1-2H3,(H,24,26). The van der Waals surface area contributed by atoms with Gasteiger partial charge in [-0.15, -0.1) is 0 Å². The second-order valence-electron chi connectivity index (χ2n) is 7.82. The largest absolute Gasteiger partial charge is 0.355 e. The normalized spacial score (nSPS) is 15.8.